The zero-order valence-corrected chi connectivity index (χ0v) is 58.1. The van der Waals surface area contributed by atoms with Crippen molar-refractivity contribution in [2.45, 2.75) is 407 Å². The van der Waals surface area contributed by atoms with Crippen LogP contribution in [0, 0.1) is 0 Å². The molecule has 18 unspecified atom stereocenters. The number of amides is 2. The number of carboxylic acids is 1. The van der Waals surface area contributed by atoms with E-state index in [0.717, 1.165) is 58.3 Å². The van der Waals surface area contributed by atoms with Crippen molar-refractivity contribution in [3.8, 4) is 0 Å². The number of ether oxygens (including phenoxy) is 6. The van der Waals surface area contributed by atoms with Crippen molar-refractivity contribution in [3.05, 3.63) is 0 Å². The molecule has 3 aliphatic heterocycles. The third-order valence-electron chi connectivity index (χ3n) is 19.3. The summed E-state index contributed by atoms with van der Waals surface area (Å²) in [6.45, 7) is 2.24. The minimum Gasteiger partial charge on any atom is -0.477 e. The Labute approximate surface area is 563 Å². The normalized spacial score (nSPS) is 27.8. The first kappa shape index (κ1) is 86.0. The predicted molar refractivity (Wildman–Crippen MR) is 357 cm³/mol. The van der Waals surface area contributed by atoms with Gasteiger partial charge in [0, 0.05) is 19.8 Å². The van der Waals surface area contributed by atoms with Crippen LogP contribution in [0.1, 0.15) is 297 Å². The van der Waals surface area contributed by atoms with Gasteiger partial charge in [-0.15, -0.1) is 0 Å². The van der Waals surface area contributed by atoms with Gasteiger partial charge in [-0.1, -0.05) is 264 Å². The molecular formula is C71H134N2O21. The van der Waals surface area contributed by atoms with Gasteiger partial charge in [-0.3, -0.25) is 9.59 Å². The van der Waals surface area contributed by atoms with Crippen LogP contribution >= 0.6 is 0 Å². The Bertz CT molecular complexity index is 1900. The van der Waals surface area contributed by atoms with Crippen LogP contribution in [0.3, 0.4) is 0 Å². The Balaban J connectivity index is 1.54. The summed E-state index contributed by atoms with van der Waals surface area (Å²) in [4.78, 5) is 38.6. The topological polar surface area (TPSA) is 373 Å². The highest BCUT2D eigenvalue weighted by Gasteiger charge is 2.60. The van der Waals surface area contributed by atoms with Gasteiger partial charge in [-0.2, -0.15) is 0 Å². The van der Waals surface area contributed by atoms with Crippen LogP contribution in [0.2, 0.25) is 0 Å². The predicted octanol–water partition coefficient (Wildman–Crippen LogP) is 8.07. The Morgan fingerprint density at radius 3 is 1.33 bits per heavy atom. The Hall–Kier alpha value is -2.27. The van der Waals surface area contributed by atoms with Crippen molar-refractivity contribution < 1.29 is 104 Å². The number of rotatable bonds is 58. The van der Waals surface area contributed by atoms with Crippen LogP contribution in [-0.4, -0.2) is 215 Å². The molecule has 0 aromatic heterocycles. The fourth-order valence-corrected chi connectivity index (χ4v) is 13.4. The molecule has 0 aliphatic carbocycles. The summed E-state index contributed by atoms with van der Waals surface area (Å²) in [5.74, 6) is -6.09. The van der Waals surface area contributed by atoms with Gasteiger partial charge in [0.25, 0.3) is 5.79 Å². The number of hydrogen-bond acceptors (Lipinski definition) is 20. The monoisotopic (exact) mass is 1350 g/mol. The van der Waals surface area contributed by atoms with Gasteiger partial charge in [0.15, 0.2) is 12.6 Å². The highest BCUT2D eigenvalue weighted by Crippen LogP contribution is 2.39. The molecule has 94 heavy (non-hydrogen) atoms. The van der Waals surface area contributed by atoms with Crippen LogP contribution in [0.4, 0.5) is 0 Å². The molecule has 3 heterocycles. The first-order chi connectivity index (χ1) is 45.4. The van der Waals surface area contributed by atoms with Crippen molar-refractivity contribution in [1.29, 1.82) is 0 Å². The summed E-state index contributed by atoms with van der Waals surface area (Å²) in [6.07, 6.45) is 21.0. The average Bonchev–Trinajstić information content (AvgIpc) is 0.759. The van der Waals surface area contributed by atoms with Crippen molar-refractivity contribution in [1.82, 2.24) is 10.6 Å². The molecule has 0 saturated carbocycles. The molecule has 0 aromatic rings. The molecule has 0 bridgehead atoms. The average molecular weight is 1350 g/mol. The first-order valence-corrected chi connectivity index (χ1v) is 37.4. The molecule has 554 valence electrons. The summed E-state index contributed by atoms with van der Waals surface area (Å²) in [7, 11) is 0. The molecule has 23 nitrogen and oxygen atoms in total. The molecule has 0 radical (unpaired) electrons. The third-order valence-corrected chi connectivity index (χ3v) is 19.3. The van der Waals surface area contributed by atoms with E-state index in [1.165, 1.54) is 193 Å². The lowest BCUT2D eigenvalue weighted by Gasteiger charge is -2.50. The smallest absolute Gasteiger partial charge is 0.364 e. The number of aliphatic hydroxyl groups is 11. The lowest BCUT2D eigenvalue weighted by atomic mass is 9.88. The van der Waals surface area contributed by atoms with E-state index in [-0.39, 0.29) is 18.9 Å². The molecule has 3 saturated heterocycles. The second kappa shape index (κ2) is 51.8. The number of carboxylic acid groups (broad SMARTS) is 1. The standard InChI is InChI=1S/C71H134N2O21/c1-4-6-8-10-12-14-16-18-20-21-22-23-24-25-26-27-28-29-31-32-34-36-38-40-42-44-53(78)52(73-58(81)45-43-41-39-37-35-33-30-19-17-15-13-11-9-7-5-2)50-89-68-63(85)62(84)65(57(49-76)91-68)92-69-64(86)67(61(83)56(48-75)90-69)94-71(70(87)88)46-54(79)59(72-51(3)77)66(93-71)60(82)55(80)47-74/h52-57,59-69,74-76,78-80,82-86H,4-50H2,1-3H3,(H,72,77)(H,73,81)(H,87,88). The van der Waals surface area contributed by atoms with E-state index in [4.69, 9.17) is 28.4 Å². The van der Waals surface area contributed by atoms with Crippen LogP contribution in [-0.2, 0) is 42.8 Å². The molecule has 3 aliphatic rings. The largest absolute Gasteiger partial charge is 0.477 e. The first-order valence-electron chi connectivity index (χ1n) is 37.4. The lowest BCUT2D eigenvalue weighted by Crippen LogP contribution is -2.70. The van der Waals surface area contributed by atoms with Gasteiger partial charge in [0.1, 0.15) is 67.1 Å². The fraction of sp³-hybridized carbons (Fsp3) is 0.958. The number of carbonyl (C=O) groups excluding carboxylic acids is 2. The highest BCUT2D eigenvalue weighted by atomic mass is 16.8. The van der Waals surface area contributed by atoms with Crippen molar-refractivity contribution in [3.63, 3.8) is 0 Å². The van der Waals surface area contributed by atoms with E-state index in [1.54, 1.807) is 0 Å². The molecule has 14 N–H and O–H groups in total. The maximum atomic E-state index is 13.5. The van der Waals surface area contributed by atoms with E-state index >= 15 is 0 Å². The number of aliphatic hydroxyl groups excluding tert-OH is 11. The molecule has 0 aromatic carbocycles. The van der Waals surface area contributed by atoms with Crippen LogP contribution < -0.4 is 10.6 Å². The molecule has 2 amide bonds. The third kappa shape index (κ3) is 33.3. The maximum absolute atomic E-state index is 13.5. The van der Waals surface area contributed by atoms with Crippen LogP contribution in [0.5, 0.6) is 0 Å². The number of carbonyl (C=O) groups is 3. The van der Waals surface area contributed by atoms with Gasteiger partial charge in [-0.25, -0.2) is 4.79 Å². The Morgan fingerprint density at radius 1 is 0.511 bits per heavy atom. The van der Waals surface area contributed by atoms with E-state index in [9.17, 15) is 75.7 Å². The molecule has 0 spiro atoms. The van der Waals surface area contributed by atoms with Gasteiger partial charge in [0.2, 0.25) is 11.8 Å². The Kier molecular flexibility index (Phi) is 47.4. The summed E-state index contributed by atoms with van der Waals surface area (Å²) >= 11 is 0. The minimum absolute atomic E-state index is 0.229. The molecular weight excluding hydrogens is 1220 g/mol. The Morgan fingerprint density at radius 2 is 0.926 bits per heavy atom. The number of nitrogens with one attached hydrogen (secondary N) is 2. The van der Waals surface area contributed by atoms with Gasteiger partial charge < -0.3 is 100 Å². The number of aliphatic carboxylic acids is 1. The molecule has 23 heteroatoms. The van der Waals surface area contributed by atoms with Crippen molar-refractivity contribution in [2.24, 2.45) is 0 Å². The van der Waals surface area contributed by atoms with Gasteiger partial charge in [0.05, 0.1) is 50.7 Å². The maximum Gasteiger partial charge on any atom is 0.364 e. The van der Waals surface area contributed by atoms with Crippen molar-refractivity contribution in [2.75, 3.05) is 26.4 Å². The van der Waals surface area contributed by atoms with E-state index < -0.39 is 148 Å². The van der Waals surface area contributed by atoms with E-state index in [1.807, 2.05) is 0 Å². The molecule has 18 atom stereocenters. The van der Waals surface area contributed by atoms with Crippen molar-refractivity contribution >= 4 is 17.8 Å². The highest BCUT2D eigenvalue weighted by molar-refractivity contribution is 5.77. The second-order valence-corrected chi connectivity index (χ2v) is 27.5. The summed E-state index contributed by atoms with van der Waals surface area (Å²) in [5.41, 5.74) is 0. The zero-order valence-electron chi connectivity index (χ0n) is 58.1. The van der Waals surface area contributed by atoms with Gasteiger partial charge in [-0.05, 0) is 12.8 Å². The minimum atomic E-state index is -3.08. The van der Waals surface area contributed by atoms with Crippen LogP contribution in [0.25, 0.3) is 0 Å². The summed E-state index contributed by atoms with van der Waals surface area (Å²) in [5, 5.41) is 136. The van der Waals surface area contributed by atoms with Crippen LogP contribution in [0.15, 0.2) is 0 Å². The zero-order chi connectivity index (χ0) is 68.9. The quantitative estimate of drug-likeness (QED) is 0.0256. The van der Waals surface area contributed by atoms with Gasteiger partial charge >= 0.3 is 5.97 Å². The number of unbranched alkanes of at least 4 members (excludes halogenated alkanes) is 38. The molecule has 3 rings (SSSR count). The van der Waals surface area contributed by atoms with E-state index in [0.29, 0.717) is 19.3 Å². The lowest BCUT2D eigenvalue weighted by molar-refractivity contribution is -0.386. The number of hydrogen-bond donors (Lipinski definition) is 14. The summed E-state index contributed by atoms with van der Waals surface area (Å²) in [6, 6.07) is -2.52. The van der Waals surface area contributed by atoms with E-state index in [2.05, 4.69) is 24.5 Å². The summed E-state index contributed by atoms with van der Waals surface area (Å²) < 4.78 is 34.9. The molecule has 3 fully saturated rings. The second-order valence-electron chi connectivity index (χ2n) is 27.5. The fourth-order valence-electron chi connectivity index (χ4n) is 13.4. The SMILES string of the molecule is CCCCCCCCCCCCCCCCCCCCCCCCCCCC(O)C(COC1OC(CO)C(OC2OC(CO)C(O)C(OC3(C(=O)O)CC(O)C(NC(C)=O)C(C(O)C(O)CO)O3)C2O)C(O)C1O)NC(=O)CCCCCCCCCCCCCCCCC.